The van der Waals surface area contributed by atoms with Gasteiger partial charge in [0.25, 0.3) is 0 Å². The molecule has 0 aliphatic carbocycles. The molecule has 3 rings (SSSR count). The number of amides is 3. The van der Waals surface area contributed by atoms with Crippen molar-refractivity contribution in [2.45, 2.75) is 26.2 Å². The predicted molar refractivity (Wildman–Crippen MR) is 117 cm³/mol. The first-order valence-corrected chi connectivity index (χ1v) is 10.0. The maximum absolute atomic E-state index is 12.0. The Hall–Kier alpha value is -2.99. The number of fused-ring (bicyclic) bond motifs is 1. The second-order valence-electron chi connectivity index (χ2n) is 6.93. The zero-order valence-electron chi connectivity index (χ0n) is 16.3. The molecule has 2 aromatic carbocycles. The summed E-state index contributed by atoms with van der Waals surface area (Å²) < 4.78 is 0. The van der Waals surface area contributed by atoms with Crippen LogP contribution in [0.1, 0.15) is 24.0 Å². The van der Waals surface area contributed by atoms with Crippen molar-refractivity contribution in [2.75, 3.05) is 18.4 Å². The summed E-state index contributed by atoms with van der Waals surface area (Å²) in [6.45, 7) is 2.75. The largest absolute Gasteiger partial charge is 0.361 e. The molecule has 0 atom stereocenters. The minimum atomic E-state index is -0.273. The molecule has 0 saturated carbocycles. The molecule has 6 nitrogen and oxygen atoms in total. The van der Waals surface area contributed by atoms with Crippen molar-refractivity contribution >= 4 is 40.1 Å². The number of aromatic amines is 1. The van der Waals surface area contributed by atoms with E-state index in [9.17, 15) is 9.59 Å². The highest BCUT2D eigenvalue weighted by Gasteiger charge is 2.07. The minimum Gasteiger partial charge on any atom is -0.361 e. The van der Waals surface area contributed by atoms with Gasteiger partial charge in [-0.25, -0.2) is 4.79 Å². The lowest BCUT2D eigenvalue weighted by molar-refractivity contribution is -0.116. The first-order chi connectivity index (χ1) is 14.0. The molecule has 0 unspecified atom stereocenters. The average molecular weight is 413 g/mol. The van der Waals surface area contributed by atoms with Gasteiger partial charge in [-0.3, -0.25) is 4.79 Å². The van der Waals surface area contributed by atoms with E-state index >= 15 is 0 Å². The van der Waals surface area contributed by atoms with Crippen LogP contribution in [-0.4, -0.2) is 30.0 Å². The Morgan fingerprint density at radius 2 is 1.86 bits per heavy atom. The molecule has 1 heterocycles. The fraction of sp³-hybridized carbons (Fsp3) is 0.273. The van der Waals surface area contributed by atoms with Crippen molar-refractivity contribution < 1.29 is 9.59 Å². The van der Waals surface area contributed by atoms with Crippen LogP contribution in [0, 0.1) is 6.92 Å². The van der Waals surface area contributed by atoms with Crippen LogP contribution in [0.15, 0.2) is 48.7 Å². The molecule has 7 heteroatoms. The topological polar surface area (TPSA) is 86.0 Å². The fourth-order valence-electron chi connectivity index (χ4n) is 3.11. The molecule has 29 heavy (non-hydrogen) atoms. The molecular weight excluding hydrogens is 388 g/mol. The number of aromatic nitrogens is 1. The summed E-state index contributed by atoms with van der Waals surface area (Å²) in [5, 5.41) is 9.98. The third-order valence-electron chi connectivity index (χ3n) is 4.62. The Balaban J connectivity index is 1.31. The number of aryl methyl sites for hydroxylation is 2. The number of carbonyl (C=O) groups is 2. The van der Waals surface area contributed by atoms with Crippen molar-refractivity contribution in [3.63, 3.8) is 0 Å². The fourth-order valence-corrected chi connectivity index (χ4v) is 3.39. The van der Waals surface area contributed by atoms with Gasteiger partial charge in [0.2, 0.25) is 5.91 Å². The Morgan fingerprint density at radius 1 is 1.07 bits per heavy atom. The van der Waals surface area contributed by atoms with Crippen LogP contribution in [0.2, 0.25) is 5.02 Å². The van der Waals surface area contributed by atoms with Crippen LogP contribution < -0.4 is 16.0 Å². The first-order valence-electron chi connectivity index (χ1n) is 9.65. The summed E-state index contributed by atoms with van der Waals surface area (Å²) in [6.07, 6.45) is 3.91. The number of benzene rings is 2. The van der Waals surface area contributed by atoms with Crippen molar-refractivity contribution in [2.24, 2.45) is 0 Å². The van der Waals surface area contributed by atoms with Crippen LogP contribution >= 0.6 is 11.6 Å². The van der Waals surface area contributed by atoms with E-state index in [1.54, 1.807) is 12.1 Å². The third-order valence-corrected chi connectivity index (χ3v) is 4.93. The maximum Gasteiger partial charge on any atom is 0.314 e. The van der Waals surface area contributed by atoms with Crippen LogP contribution in [0.5, 0.6) is 0 Å². The van der Waals surface area contributed by atoms with Gasteiger partial charge >= 0.3 is 6.03 Å². The quantitative estimate of drug-likeness (QED) is 0.413. The molecule has 4 N–H and O–H groups in total. The summed E-state index contributed by atoms with van der Waals surface area (Å²) >= 11 is 6.10. The second-order valence-corrected chi connectivity index (χ2v) is 7.33. The summed E-state index contributed by atoms with van der Waals surface area (Å²) in [7, 11) is 0. The Morgan fingerprint density at radius 3 is 2.69 bits per heavy atom. The van der Waals surface area contributed by atoms with Crippen molar-refractivity contribution in [1.82, 2.24) is 15.6 Å². The normalized spacial score (nSPS) is 10.7. The summed E-state index contributed by atoms with van der Waals surface area (Å²) in [5.41, 5.74) is 3.97. The molecule has 0 bridgehead atoms. The number of para-hydroxylation sites is 1. The van der Waals surface area contributed by atoms with Gasteiger partial charge in [-0.1, -0.05) is 35.9 Å². The van der Waals surface area contributed by atoms with Crippen molar-refractivity contribution in [1.29, 1.82) is 0 Å². The standard InChI is InChI=1S/C22H25ClN4O2/c1-15-8-9-20(18(23)13-15)27-21(28)10-12-25-22(29)24-11-4-5-16-14-26-19-7-3-2-6-17(16)19/h2-3,6-9,13-14,26H,4-5,10-12H2,1H3,(H,27,28)(H2,24,25,29). The van der Waals surface area contributed by atoms with Gasteiger partial charge < -0.3 is 20.9 Å². The number of hydrogen-bond acceptors (Lipinski definition) is 2. The molecule has 0 spiro atoms. The number of anilines is 1. The molecule has 0 fully saturated rings. The number of nitrogens with one attached hydrogen (secondary N) is 4. The summed E-state index contributed by atoms with van der Waals surface area (Å²) in [6, 6.07) is 13.3. The van der Waals surface area contributed by atoms with Gasteiger partial charge in [0.1, 0.15) is 0 Å². The highest BCUT2D eigenvalue weighted by Crippen LogP contribution is 2.22. The highest BCUT2D eigenvalue weighted by molar-refractivity contribution is 6.33. The van der Waals surface area contributed by atoms with Crippen LogP contribution in [0.4, 0.5) is 10.5 Å². The number of H-pyrrole nitrogens is 1. The van der Waals surface area contributed by atoms with E-state index in [1.807, 2.05) is 37.4 Å². The second kappa shape index (κ2) is 9.98. The van der Waals surface area contributed by atoms with Gasteiger partial charge in [0, 0.05) is 36.6 Å². The van der Waals surface area contributed by atoms with Crippen molar-refractivity contribution in [3.05, 3.63) is 64.8 Å². The number of rotatable bonds is 8. The monoisotopic (exact) mass is 412 g/mol. The molecule has 0 aliphatic rings. The van der Waals surface area contributed by atoms with Gasteiger partial charge in [0.15, 0.2) is 0 Å². The zero-order chi connectivity index (χ0) is 20.6. The zero-order valence-corrected chi connectivity index (χ0v) is 17.1. The molecule has 0 aliphatic heterocycles. The van der Waals surface area contributed by atoms with E-state index in [1.165, 1.54) is 10.9 Å². The predicted octanol–water partition coefficient (Wildman–Crippen LogP) is 4.39. The molecule has 3 amide bonds. The van der Waals surface area contributed by atoms with Crippen molar-refractivity contribution in [3.8, 4) is 0 Å². The number of hydrogen-bond donors (Lipinski definition) is 4. The van der Waals surface area contributed by atoms with E-state index in [0.29, 0.717) is 17.3 Å². The number of carbonyl (C=O) groups excluding carboxylic acids is 2. The van der Waals surface area contributed by atoms with E-state index < -0.39 is 0 Å². The van der Waals surface area contributed by atoms with Gasteiger partial charge in [-0.2, -0.15) is 0 Å². The van der Waals surface area contributed by atoms with Crippen LogP contribution in [0.25, 0.3) is 10.9 Å². The Labute approximate surface area is 175 Å². The van der Waals surface area contributed by atoms with Gasteiger partial charge in [-0.05, 0) is 49.1 Å². The van der Waals surface area contributed by atoms with E-state index in [0.717, 1.165) is 23.9 Å². The Kier molecular flexibility index (Phi) is 7.14. The van der Waals surface area contributed by atoms with Crippen LogP contribution in [0.3, 0.4) is 0 Å². The molecule has 152 valence electrons. The lowest BCUT2D eigenvalue weighted by Crippen LogP contribution is -2.37. The smallest absolute Gasteiger partial charge is 0.314 e. The Bertz CT molecular complexity index is 999. The molecular formula is C22H25ClN4O2. The first kappa shape index (κ1) is 20.7. The molecule has 3 aromatic rings. The highest BCUT2D eigenvalue weighted by atomic mass is 35.5. The van der Waals surface area contributed by atoms with Gasteiger partial charge in [0.05, 0.1) is 10.7 Å². The van der Waals surface area contributed by atoms with E-state index in [2.05, 4.69) is 27.0 Å². The van der Waals surface area contributed by atoms with Gasteiger partial charge in [-0.15, -0.1) is 0 Å². The average Bonchev–Trinajstić information content (AvgIpc) is 3.11. The summed E-state index contributed by atoms with van der Waals surface area (Å²) in [5.74, 6) is -0.199. The molecule has 1 aromatic heterocycles. The lowest BCUT2D eigenvalue weighted by Gasteiger charge is -2.09. The maximum atomic E-state index is 12.0. The summed E-state index contributed by atoms with van der Waals surface area (Å²) in [4.78, 5) is 27.1. The minimum absolute atomic E-state index is 0.174. The number of halogens is 1. The third kappa shape index (κ3) is 5.99. The SMILES string of the molecule is Cc1ccc(NC(=O)CCNC(=O)NCCCc2c[nH]c3ccccc23)c(Cl)c1. The molecule has 0 saturated heterocycles. The van der Waals surface area contributed by atoms with E-state index in [-0.39, 0.29) is 24.9 Å². The van der Waals surface area contributed by atoms with E-state index in [4.69, 9.17) is 11.6 Å². The lowest BCUT2D eigenvalue weighted by atomic mass is 10.1. The van der Waals surface area contributed by atoms with Crippen LogP contribution in [-0.2, 0) is 11.2 Å². The number of urea groups is 1. The molecule has 0 radical (unpaired) electrons.